The molecule has 102 valence electrons. The number of nitrogens with two attached hydrogens (primary N) is 1. The minimum atomic E-state index is -0.745. The van der Waals surface area contributed by atoms with Crippen LogP contribution < -0.4 is 11.2 Å². The first-order chi connectivity index (χ1) is 8.70. The Labute approximate surface area is 108 Å². The van der Waals surface area contributed by atoms with Crippen molar-refractivity contribution in [3.05, 3.63) is 0 Å². The zero-order valence-corrected chi connectivity index (χ0v) is 10.9. The number of urea groups is 1. The van der Waals surface area contributed by atoms with Gasteiger partial charge in [-0.25, -0.2) is 10.2 Å². The van der Waals surface area contributed by atoms with Crippen LogP contribution in [-0.2, 0) is 4.79 Å². The molecule has 2 amide bonds. The zero-order chi connectivity index (χ0) is 13.2. The molecule has 0 saturated heterocycles. The van der Waals surface area contributed by atoms with Crippen molar-refractivity contribution >= 4 is 18.0 Å². The lowest BCUT2D eigenvalue weighted by Gasteiger charge is -2.15. The molecule has 0 unspecified atom stereocenters. The minimum Gasteiger partial charge on any atom is -0.350 e. The van der Waals surface area contributed by atoms with Crippen LogP contribution in [0.4, 0.5) is 4.79 Å². The second-order valence-electron chi connectivity index (χ2n) is 4.89. The van der Waals surface area contributed by atoms with Crippen LogP contribution in [0.2, 0.25) is 0 Å². The number of Topliss-reactive ketones (excluding diaryl/α,β-unsaturated/α-hetero) is 1. The van der Waals surface area contributed by atoms with Crippen LogP contribution in [0.1, 0.15) is 57.8 Å². The zero-order valence-electron chi connectivity index (χ0n) is 10.9. The first-order valence-electron chi connectivity index (χ1n) is 6.82. The normalized spacial score (nSPS) is 19.6. The van der Waals surface area contributed by atoms with E-state index >= 15 is 0 Å². The van der Waals surface area contributed by atoms with Crippen LogP contribution in [-0.4, -0.2) is 18.0 Å². The van der Waals surface area contributed by atoms with E-state index in [1.54, 1.807) is 0 Å². The van der Waals surface area contributed by atoms with Gasteiger partial charge in [-0.1, -0.05) is 44.9 Å². The molecule has 0 aromatic heterocycles. The van der Waals surface area contributed by atoms with Gasteiger partial charge in [-0.3, -0.25) is 4.79 Å². The Kier molecular flexibility index (Phi) is 7.06. The summed E-state index contributed by atoms with van der Waals surface area (Å²) in [5.74, 6) is 0.0610. The highest BCUT2D eigenvalue weighted by Crippen LogP contribution is 2.21. The molecule has 1 rings (SSSR count). The first kappa shape index (κ1) is 14.7. The Balaban J connectivity index is 2.41. The molecule has 1 saturated carbocycles. The number of primary amides is 1. The van der Waals surface area contributed by atoms with E-state index in [0.29, 0.717) is 0 Å². The molecule has 0 atom stereocenters. The smallest absolute Gasteiger partial charge is 0.332 e. The number of amides is 2. The average molecular weight is 253 g/mol. The summed E-state index contributed by atoms with van der Waals surface area (Å²) in [5, 5.41) is 3.54. The van der Waals surface area contributed by atoms with Gasteiger partial charge < -0.3 is 5.73 Å². The number of rotatable bonds is 3. The van der Waals surface area contributed by atoms with Crippen molar-refractivity contribution < 1.29 is 9.59 Å². The van der Waals surface area contributed by atoms with Gasteiger partial charge in [-0.2, -0.15) is 5.10 Å². The van der Waals surface area contributed by atoms with E-state index in [0.717, 1.165) is 25.7 Å². The Morgan fingerprint density at radius 2 is 1.50 bits per heavy atom. The summed E-state index contributed by atoms with van der Waals surface area (Å²) in [6, 6.07) is -0.745. The van der Waals surface area contributed by atoms with Gasteiger partial charge in [0.25, 0.3) is 0 Å². The predicted octanol–water partition coefficient (Wildman–Crippen LogP) is 2.35. The van der Waals surface area contributed by atoms with Crippen LogP contribution in [0.3, 0.4) is 0 Å². The molecule has 0 bridgehead atoms. The van der Waals surface area contributed by atoms with Crippen molar-refractivity contribution in [2.24, 2.45) is 16.8 Å². The van der Waals surface area contributed by atoms with Crippen LogP contribution in [0, 0.1) is 5.92 Å². The molecule has 1 aliphatic rings. The molecule has 0 spiro atoms. The number of hydrazone groups is 1. The monoisotopic (exact) mass is 253 g/mol. The van der Waals surface area contributed by atoms with E-state index in [9.17, 15) is 9.59 Å². The summed E-state index contributed by atoms with van der Waals surface area (Å²) in [6.07, 6.45) is 11.6. The third-order valence-corrected chi connectivity index (χ3v) is 3.37. The van der Waals surface area contributed by atoms with Gasteiger partial charge in [-0.15, -0.1) is 0 Å². The number of nitrogens with zero attached hydrogens (tertiary/aromatic N) is 1. The van der Waals surface area contributed by atoms with Gasteiger partial charge in [0.05, 0.1) is 6.21 Å². The molecule has 0 aliphatic heterocycles. The molecule has 1 aliphatic carbocycles. The molecule has 1 fully saturated rings. The lowest BCUT2D eigenvalue weighted by molar-refractivity contribution is -0.116. The molecule has 5 heteroatoms. The van der Waals surface area contributed by atoms with Crippen molar-refractivity contribution in [1.82, 2.24) is 5.43 Å². The molecule has 0 aromatic carbocycles. The molecular formula is C13H23N3O2. The second-order valence-corrected chi connectivity index (χ2v) is 4.89. The molecule has 3 N–H and O–H groups in total. The third-order valence-electron chi connectivity index (χ3n) is 3.37. The highest BCUT2D eigenvalue weighted by Gasteiger charge is 2.16. The Morgan fingerprint density at radius 3 is 2.00 bits per heavy atom. The average Bonchev–Trinajstić information content (AvgIpc) is 2.35. The van der Waals surface area contributed by atoms with E-state index in [1.807, 2.05) is 0 Å². The summed E-state index contributed by atoms with van der Waals surface area (Å²) >= 11 is 0. The number of carbonyl (C=O) groups excluding carboxylic acids is 2. The van der Waals surface area contributed by atoms with Crippen molar-refractivity contribution in [3.8, 4) is 0 Å². The van der Waals surface area contributed by atoms with Crippen LogP contribution >= 0.6 is 0 Å². The van der Waals surface area contributed by atoms with Gasteiger partial charge in [0, 0.05) is 5.92 Å². The third kappa shape index (κ3) is 6.37. The number of ketones is 1. The second kappa shape index (κ2) is 8.66. The van der Waals surface area contributed by atoms with Gasteiger partial charge in [0.2, 0.25) is 0 Å². The maximum Gasteiger partial charge on any atom is 0.332 e. The number of carbonyl (C=O) groups is 2. The molecule has 18 heavy (non-hydrogen) atoms. The van der Waals surface area contributed by atoms with Crippen molar-refractivity contribution in [3.63, 3.8) is 0 Å². The fourth-order valence-corrected chi connectivity index (χ4v) is 2.36. The van der Waals surface area contributed by atoms with Crippen LogP contribution in [0.15, 0.2) is 5.10 Å². The highest BCUT2D eigenvalue weighted by atomic mass is 16.2. The lowest BCUT2D eigenvalue weighted by Crippen LogP contribution is -2.26. The van der Waals surface area contributed by atoms with Crippen molar-refractivity contribution in [2.75, 3.05) is 0 Å². The number of nitrogens with one attached hydrogen (secondary N) is 1. The quantitative estimate of drug-likeness (QED) is 0.597. The molecule has 5 nitrogen and oxygen atoms in total. The summed E-state index contributed by atoms with van der Waals surface area (Å²) in [6.45, 7) is 0. The fraction of sp³-hybridized carbons (Fsp3) is 0.769. The Bertz CT molecular complexity index is 293. The maximum atomic E-state index is 11.9. The lowest BCUT2D eigenvalue weighted by atomic mass is 9.89. The Hall–Kier alpha value is -1.39. The van der Waals surface area contributed by atoms with Gasteiger partial charge in [-0.05, 0) is 12.8 Å². The molecule has 0 heterocycles. The molecule has 0 aromatic rings. The largest absolute Gasteiger partial charge is 0.350 e. The summed E-state index contributed by atoms with van der Waals surface area (Å²) in [5.41, 5.74) is 6.92. The Morgan fingerprint density at radius 1 is 1.00 bits per heavy atom. The van der Waals surface area contributed by atoms with Crippen molar-refractivity contribution in [2.45, 2.75) is 57.8 Å². The van der Waals surface area contributed by atoms with E-state index < -0.39 is 6.03 Å². The topological polar surface area (TPSA) is 84.6 Å². The molecular weight excluding hydrogens is 230 g/mol. The number of hydrogen-bond donors (Lipinski definition) is 2. The highest BCUT2D eigenvalue weighted by molar-refractivity contribution is 6.28. The summed E-state index contributed by atoms with van der Waals surface area (Å²) in [7, 11) is 0. The fourth-order valence-electron chi connectivity index (χ4n) is 2.36. The van der Waals surface area contributed by atoms with E-state index in [-0.39, 0.29) is 11.7 Å². The molecule has 0 radical (unpaired) electrons. The summed E-state index contributed by atoms with van der Waals surface area (Å²) in [4.78, 5) is 22.3. The summed E-state index contributed by atoms with van der Waals surface area (Å²) < 4.78 is 0. The van der Waals surface area contributed by atoms with Gasteiger partial charge in [0.1, 0.15) is 0 Å². The van der Waals surface area contributed by atoms with Crippen LogP contribution in [0.25, 0.3) is 0 Å². The maximum absolute atomic E-state index is 11.9. The minimum absolute atomic E-state index is 0.00400. The van der Waals surface area contributed by atoms with Gasteiger partial charge >= 0.3 is 6.03 Å². The van der Waals surface area contributed by atoms with Crippen molar-refractivity contribution in [1.29, 1.82) is 0 Å². The van der Waals surface area contributed by atoms with Gasteiger partial charge in [0.15, 0.2) is 5.78 Å². The SMILES string of the molecule is NC(=O)N/N=C/C(=O)C1CCCCCCCCC1. The number of hydrogen-bond acceptors (Lipinski definition) is 3. The standard InChI is InChI=1S/C13H23N3O2/c14-13(18)16-15-10-12(17)11-8-6-4-2-1-3-5-7-9-11/h10-11H,1-9H2,(H3,14,16,18)/b15-10+. The first-order valence-corrected chi connectivity index (χ1v) is 6.82. The van der Waals surface area contributed by atoms with E-state index in [2.05, 4.69) is 10.5 Å². The predicted molar refractivity (Wildman–Crippen MR) is 71.3 cm³/mol. The van der Waals surface area contributed by atoms with E-state index in [1.165, 1.54) is 38.3 Å². The van der Waals surface area contributed by atoms with Crippen LogP contribution in [0.5, 0.6) is 0 Å². The van der Waals surface area contributed by atoms with E-state index in [4.69, 9.17) is 5.73 Å².